The summed E-state index contributed by atoms with van der Waals surface area (Å²) in [6.07, 6.45) is -2.34. The van der Waals surface area contributed by atoms with E-state index in [4.69, 9.17) is 0 Å². The molecule has 6 heteroatoms. The zero-order valence-electron chi connectivity index (χ0n) is 13.6. The molecule has 1 saturated carbocycles. The van der Waals surface area contributed by atoms with Gasteiger partial charge in [-0.1, -0.05) is 30.3 Å². The van der Waals surface area contributed by atoms with E-state index >= 15 is 0 Å². The van der Waals surface area contributed by atoms with Crippen LogP contribution in [-0.4, -0.2) is 16.6 Å². The minimum Gasteiger partial charge on any atom is -0.505 e. The van der Waals surface area contributed by atoms with Crippen LogP contribution in [0.4, 0.5) is 17.6 Å². The van der Waals surface area contributed by atoms with E-state index in [2.05, 4.69) is 0 Å². The van der Waals surface area contributed by atoms with Gasteiger partial charge in [-0.2, -0.15) is 13.2 Å². The summed E-state index contributed by atoms with van der Waals surface area (Å²) in [5.41, 5.74) is -0.200. The molecule has 2 aromatic carbocycles. The van der Waals surface area contributed by atoms with Crippen LogP contribution in [-0.2, 0) is 19.3 Å². The van der Waals surface area contributed by atoms with E-state index < -0.39 is 23.3 Å². The molecule has 0 unspecified atom stereocenters. The van der Waals surface area contributed by atoms with Crippen LogP contribution in [0.3, 0.4) is 0 Å². The van der Waals surface area contributed by atoms with Gasteiger partial charge in [0.2, 0.25) is 0 Å². The van der Waals surface area contributed by atoms with E-state index in [0.717, 1.165) is 18.9 Å². The first-order chi connectivity index (χ1) is 11.8. The topological polar surface area (TPSA) is 23.5 Å². The Morgan fingerprint density at radius 1 is 0.960 bits per heavy atom. The maximum atomic E-state index is 14.1. The molecule has 0 aromatic heterocycles. The number of aromatic hydroxyl groups is 1. The summed E-state index contributed by atoms with van der Waals surface area (Å²) in [5.74, 6) is -0.717. The number of rotatable bonds is 6. The Balaban J connectivity index is 1.83. The quantitative estimate of drug-likeness (QED) is 0.742. The highest BCUT2D eigenvalue weighted by molar-refractivity contribution is 5.31. The SMILES string of the molecule is Oc1cccc(CN(Cc2ccccc2C(F)(F)F)CC2CC2)c1F. The molecule has 1 aliphatic carbocycles. The van der Waals surface area contributed by atoms with Gasteiger partial charge in [-0.15, -0.1) is 0 Å². The molecule has 25 heavy (non-hydrogen) atoms. The molecule has 0 bridgehead atoms. The van der Waals surface area contributed by atoms with Crippen LogP contribution in [0.1, 0.15) is 29.5 Å². The molecule has 2 nitrogen and oxygen atoms in total. The molecule has 1 fully saturated rings. The summed E-state index contributed by atoms with van der Waals surface area (Å²) in [7, 11) is 0. The number of phenolic OH excluding ortho intramolecular Hbond substituents is 1. The fourth-order valence-corrected chi connectivity index (χ4v) is 2.96. The van der Waals surface area contributed by atoms with Crippen molar-refractivity contribution in [2.24, 2.45) is 5.92 Å². The minimum atomic E-state index is -4.42. The molecular weight excluding hydrogens is 334 g/mol. The maximum Gasteiger partial charge on any atom is 0.416 e. The summed E-state index contributed by atoms with van der Waals surface area (Å²) in [6.45, 7) is 0.853. The molecule has 0 heterocycles. The van der Waals surface area contributed by atoms with E-state index in [-0.39, 0.29) is 24.2 Å². The number of nitrogens with zero attached hydrogens (tertiary/aromatic N) is 1. The third-order valence-corrected chi connectivity index (χ3v) is 4.38. The Bertz CT molecular complexity index is 740. The first-order valence-electron chi connectivity index (χ1n) is 8.18. The monoisotopic (exact) mass is 353 g/mol. The second-order valence-corrected chi connectivity index (χ2v) is 6.52. The van der Waals surface area contributed by atoms with Crippen LogP contribution >= 0.6 is 0 Å². The van der Waals surface area contributed by atoms with Gasteiger partial charge in [0, 0.05) is 25.2 Å². The van der Waals surface area contributed by atoms with Gasteiger partial charge < -0.3 is 5.11 Å². The van der Waals surface area contributed by atoms with Crippen LogP contribution in [0.25, 0.3) is 0 Å². The number of hydrogen-bond donors (Lipinski definition) is 1. The van der Waals surface area contributed by atoms with E-state index in [0.29, 0.717) is 12.5 Å². The minimum absolute atomic E-state index is 0.0846. The Morgan fingerprint density at radius 2 is 1.60 bits per heavy atom. The third kappa shape index (κ3) is 4.51. The largest absolute Gasteiger partial charge is 0.505 e. The van der Waals surface area contributed by atoms with Gasteiger partial charge in [-0.3, -0.25) is 4.90 Å². The average Bonchev–Trinajstić information content (AvgIpc) is 3.35. The van der Waals surface area contributed by atoms with E-state index in [1.165, 1.54) is 24.3 Å². The first-order valence-corrected chi connectivity index (χ1v) is 8.18. The van der Waals surface area contributed by atoms with Crippen molar-refractivity contribution in [2.45, 2.75) is 32.1 Å². The number of alkyl halides is 3. The zero-order valence-corrected chi connectivity index (χ0v) is 13.6. The van der Waals surface area contributed by atoms with Gasteiger partial charge in [0.05, 0.1) is 5.56 Å². The number of phenols is 1. The molecule has 0 amide bonds. The lowest BCUT2D eigenvalue weighted by Gasteiger charge is -2.24. The van der Waals surface area contributed by atoms with Gasteiger partial charge in [0.1, 0.15) is 0 Å². The highest BCUT2D eigenvalue weighted by atomic mass is 19.4. The number of halogens is 4. The number of benzene rings is 2. The zero-order chi connectivity index (χ0) is 18.0. The van der Waals surface area contributed by atoms with Crippen molar-refractivity contribution in [3.05, 3.63) is 65.0 Å². The van der Waals surface area contributed by atoms with Crippen LogP contribution in [0.15, 0.2) is 42.5 Å². The van der Waals surface area contributed by atoms with Crippen molar-refractivity contribution < 1.29 is 22.7 Å². The smallest absolute Gasteiger partial charge is 0.416 e. The molecule has 0 radical (unpaired) electrons. The Kier molecular flexibility index (Phi) is 4.99. The van der Waals surface area contributed by atoms with Gasteiger partial charge >= 0.3 is 6.18 Å². The second kappa shape index (κ2) is 7.04. The molecule has 1 aliphatic rings. The van der Waals surface area contributed by atoms with Crippen molar-refractivity contribution in [1.29, 1.82) is 0 Å². The van der Waals surface area contributed by atoms with Gasteiger partial charge in [-0.25, -0.2) is 4.39 Å². The predicted molar refractivity (Wildman–Crippen MR) is 86.3 cm³/mol. The summed E-state index contributed by atoms with van der Waals surface area (Å²) >= 11 is 0. The van der Waals surface area contributed by atoms with E-state index in [1.54, 1.807) is 12.1 Å². The molecule has 0 atom stereocenters. The van der Waals surface area contributed by atoms with Gasteiger partial charge in [0.15, 0.2) is 11.6 Å². The fraction of sp³-hybridized carbons (Fsp3) is 0.368. The van der Waals surface area contributed by atoms with Crippen LogP contribution < -0.4 is 0 Å². The normalized spacial score (nSPS) is 14.9. The molecular formula is C19H19F4NO. The highest BCUT2D eigenvalue weighted by Gasteiger charge is 2.34. The Labute approximate surface area is 143 Å². The van der Waals surface area contributed by atoms with Crippen molar-refractivity contribution in [3.8, 4) is 5.75 Å². The van der Waals surface area contributed by atoms with Gasteiger partial charge in [-0.05, 0) is 36.5 Å². The lowest BCUT2D eigenvalue weighted by molar-refractivity contribution is -0.138. The molecule has 3 rings (SSSR count). The van der Waals surface area contributed by atoms with Crippen molar-refractivity contribution >= 4 is 0 Å². The first kappa shape index (κ1) is 17.7. The van der Waals surface area contributed by atoms with Crippen LogP contribution in [0, 0.1) is 11.7 Å². The predicted octanol–water partition coefficient (Wildman–Crippen LogP) is 4.96. The second-order valence-electron chi connectivity index (χ2n) is 6.52. The Morgan fingerprint density at radius 3 is 2.28 bits per heavy atom. The fourth-order valence-electron chi connectivity index (χ4n) is 2.96. The molecule has 134 valence electrons. The maximum absolute atomic E-state index is 14.1. The summed E-state index contributed by atoms with van der Waals surface area (Å²) < 4.78 is 53.7. The van der Waals surface area contributed by atoms with Crippen molar-refractivity contribution in [2.75, 3.05) is 6.54 Å². The van der Waals surface area contributed by atoms with Crippen molar-refractivity contribution in [3.63, 3.8) is 0 Å². The molecule has 2 aromatic rings. The summed E-state index contributed by atoms with van der Waals surface area (Å²) in [6, 6.07) is 9.81. The molecule has 0 spiro atoms. The summed E-state index contributed by atoms with van der Waals surface area (Å²) in [4.78, 5) is 1.82. The van der Waals surface area contributed by atoms with Crippen molar-refractivity contribution in [1.82, 2.24) is 4.90 Å². The van der Waals surface area contributed by atoms with E-state index in [9.17, 15) is 22.7 Å². The summed E-state index contributed by atoms with van der Waals surface area (Å²) in [5, 5.41) is 9.51. The highest BCUT2D eigenvalue weighted by Crippen LogP contribution is 2.35. The lowest BCUT2D eigenvalue weighted by Crippen LogP contribution is -2.27. The van der Waals surface area contributed by atoms with E-state index in [1.807, 2.05) is 4.90 Å². The van der Waals surface area contributed by atoms with Crippen LogP contribution in [0.2, 0.25) is 0 Å². The number of hydrogen-bond acceptors (Lipinski definition) is 2. The molecule has 0 saturated heterocycles. The third-order valence-electron chi connectivity index (χ3n) is 4.38. The Hall–Kier alpha value is -2.08. The average molecular weight is 353 g/mol. The standard InChI is InChI=1S/C19H19F4NO/c20-18-15(5-3-7-17(18)25)12-24(10-13-8-9-13)11-14-4-1-2-6-16(14)19(21,22)23/h1-7,13,25H,8-12H2. The van der Waals surface area contributed by atoms with Gasteiger partial charge in [0.25, 0.3) is 0 Å². The lowest BCUT2D eigenvalue weighted by atomic mass is 10.1. The van der Waals surface area contributed by atoms with Crippen LogP contribution in [0.5, 0.6) is 5.75 Å². The molecule has 1 N–H and O–H groups in total. The molecule has 0 aliphatic heterocycles.